The van der Waals surface area contributed by atoms with Gasteiger partial charge in [0.25, 0.3) is 0 Å². The normalized spacial score (nSPS) is 15.2. The average molecular weight is 323 g/mol. The molecule has 0 amide bonds. The summed E-state index contributed by atoms with van der Waals surface area (Å²) >= 11 is 0. The summed E-state index contributed by atoms with van der Waals surface area (Å²) in [7, 11) is 3.11. The lowest BCUT2D eigenvalue weighted by molar-refractivity contribution is -0.129. The van der Waals surface area contributed by atoms with Crippen molar-refractivity contribution in [2.45, 2.75) is 6.92 Å². The molecule has 1 aliphatic rings. The molecule has 0 atom stereocenters. The van der Waals surface area contributed by atoms with Gasteiger partial charge in [-0.1, -0.05) is 29.8 Å². The number of ether oxygens (including phenoxy) is 3. The molecule has 0 radical (unpaired) electrons. The lowest BCUT2D eigenvalue weighted by Gasteiger charge is -2.09. The lowest BCUT2D eigenvalue weighted by Crippen LogP contribution is -2.05. The standard InChI is InChI=1S/C19H17NO4/c1-12-6-4-8-14(10-12)18-20-15(19(21)24-18)11-13-7-5-9-16(22-2)17(13)23-3/h4-11H,1-3H3/b15-11-. The van der Waals surface area contributed by atoms with Crippen LogP contribution in [0, 0.1) is 6.92 Å². The fraction of sp³-hybridized carbons (Fsp3) is 0.158. The summed E-state index contributed by atoms with van der Waals surface area (Å²) in [4.78, 5) is 16.4. The number of hydrogen-bond acceptors (Lipinski definition) is 5. The first kappa shape index (κ1) is 15.8. The Bertz CT molecular complexity index is 852. The monoisotopic (exact) mass is 323 g/mol. The van der Waals surface area contributed by atoms with E-state index in [0.29, 0.717) is 23.0 Å². The Morgan fingerprint density at radius 1 is 1.08 bits per heavy atom. The van der Waals surface area contributed by atoms with Crippen molar-refractivity contribution < 1.29 is 19.0 Å². The molecule has 0 bridgehead atoms. The van der Waals surface area contributed by atoms with E-state index < -0.39 is 5.97 Å². The predicted octanol–water partition coefficient (Wildman–Crippen LogP) is 3.36. The van der Waals surface area contributed by atoms with E-state index in [0.717, 1.165) is 11.1 Å². The Balaban J connectivity index is 2.01. The molecule has 0 fully saturated rings. The zero-order valence-corrected chi connectivity index (χ0v) is 13.7. The number of nitrogens with zero attached hydrogens (tertiary/aromatic N) is 1. The maximum absolute atomic E-state index is 12.1. The summed E-state index contributed by atoms with van der Waals surface area (Å²) in [5.74, 6) is 0.939. The molecule has 5 nitrogen and oxygen atoms in total. The molecule has 0 spiro atoms. The first-order valence-electron chi connectivity index (χ1n) is 7.43. The van der Waals surface area contributed by atoms with Crippen molar-refractivity contribution in [2.75, 3.05) is 14.2 Å². The van der Waals surface area contributed by atoms with E-state index in [1.165, 1.54) is 0 Å². The van der Waals surface area contributed by atoms with Gasteiger partial charge in [-0.15, -0.1) is 0 Å². The third kappa shape index (κ3) is 3.01. The van der Waals surface area contributed by atoms with E-state index in [4.69, 9.17) is 14.2 Å². The fourth-order valence-corrected chi connectivity index (χ4v) is 2.48. The summed E-state index contributed by atoms with van der Waals surface area (Å²) in [6, 6.07) is 13.1. The van der Waals surface area contributed by atoms with Gasteiger partial charge in [-0.2, -0.15) is 0 Å². The highest BCUT2D eigenvalue weighted by Gasteiger charge is 2.24. The summed E-state index contributed by atoms with van der Waals surface area (Å²) in [6.07, 6.45) is 1.63. The first-order valence-corrected chi connectivity index (χ1v) is 7.43. The van der Waals surface area contributed by atoms with Gasteiger partial charge in [-0.05, 0) is 31.2 Å². The van der Waals surface area contributed by atoms with Gasteiger partial charge >= 0.3 is 5.97 Å². The van der Waals surface area contributed by atoms with Crippen molar-refractivity contribution in [2.24, 2.45) is 4.99 Å². The third-order valence-corrected chi connectivity index (χ3v) is 3.61. The van der Waals surface area contributed by atoms with E-state index >= 15 is 0 Å². The molecule has 24 heavy (non-hydrogen) atoms. The Kier molecular flexibility index (Phi) is 4.33. The van der Waals surface area contributed by atoms with Crippen LogP contribution in [0.15, 0.2) is 53.2 Å². The van der Waals surface area contributed by atoms with Gasteiger partial charge in [-0.3, -0.25) is 0 Å². The van der Waals surface area contributed by atoms with E-state index in [-0.39, 0.29) is 5.70 Å². The van der Waals surface area contributed by atoms with Gasteiger partial charge in [0.2, 0.25) is 5.90 Å². The number of cyclic esters (lactones) is 1. The number of carbonyl (C=O) groups excluding carboxylic acids is 1. The second kappa shape index (κ2) is 6.58. The van der Waals surface area contributed by atoms with Crippen LogP contribution >= 0.6 is 0 Å². The van der Waals surface area contributed by atoms with E-state index in [9.17, 15) is 4.79 Å². The SMILES string of the molecule is COc1cccc(/C=C2\N=C(c3cccc(C)c3)OC2=O)c1OC. The Morgan fingerprint density at radius 3 is 2.58 bits per heavy atom. The van der Waals surface area contributed by atoms with Gasteiger partial charge in [0, 0.05) is 11.1 Å². The number of aliphatic imine (C=N–C) groups is 1. The molecule has 5 heteroatoms. The number of esters is 1. The Hall–Kier alpha value is -3.08. The second-order valence-corrected chi connectivity index (χ2v) is 5.29. The van der Waals surface area contributed by atoms with Crippen LogP contribution in [0.2, 0.25) is 0 Å². The van der Waals surface area contributed by atoms with E-state index in [1.807, 2.05) is 43.3 Å². The van der Waals surface area contributed by atoms with Gasteiger partial charge in [0.15, 0.2) is 17.2 Å². The van der Waals surface area contributed by atoms with Crippen LogP contribution in [0.1, 0.15) is 16.7 Å². The molecule has 0 saturated heterocycles. The van der Waals surface area contributed by atoms with Crippen LogP contribution in [0.25, 0.3) is 6.08 Å². The van der Waals surface area contributed by atoms with Crippen molar-refractivity contribution >= 4 is 17.9 Å². The van der Waals surface area contributed by atoms with Crippen molar-refractivity contribution in [1.82, 2.24) is 0 Å². The number of rotatable bonds is 4. The third-order valence-electron chi connectivity index (χ3n) is 3.61. The smallest absolute Gasteiger partial charge is 0.363 e. The number of para-hydroxylation sites is 1. The summed E-state index contributed by atoms with van der Waals surface area (Å²) < 4.78 is 15.9. The number of benzene rings is 2. The largest absolute Gasteiger partial charge is 0.493 e. The van der Waals surface area contributed by atoms with Crippen LogP contribution in [-0.2, 0) is 9.53 Å². The summed E-state index contributed by atoms with van der Waals surface area (Å²) in [6.45, 7) is 1.97. The summed E-state index contributed by atoms with van der Waals surface area (Å²) in [5, 5.41) is 0. The minimum absolute atomic E-state index is 0.220. The molecule has 0 saturated carbocycles. The molecule has 0 N–H and O–H groups in total. The van der Waals surface area contributed by atoms with Crippen LogP contribution < -0.4 is 9.47 Å². The fourth-order valence-electron chi connectivity index (χ4n) is 2.48. The Morgan fingerprint density at radius 2 is 1.88 bits per heavy atom. The van der Waals surface area contributed by atoms with Crippen molar-refractivity contribution in [3.8, 4) is 11.5 Å². The highest BCUT2D eigenvalue weighted by Crippen LogP contribution is 2.33. The topological polar surface area (TPSA) is 57.1 Å². The summed E-state index contributed by atoms with van der Waals surface area (Å²) in [5.41, 5.74) is 2.75. The zero-order chi connectivity index (χ0) is 17.1. The molecule has 1 aliphatic heterocycles. The maximum Gasteiger partial charge on any atom is 0.363 e. The number of hydrogen-bond donors (Lipinski definition) is 0. The second-order valence-electron chi connectivity index (χ2n) is 5.29. The molecule has 2 aromatic carbocycles. The van der Waals surface area contributed by atoms with E-state index in [2.05, 4.69) is 4.99 Å². The van der Waals surface area contributed by atoms with Crippen LogP contribution in [0.3, 0.4) is 0 Å². The molecular formula is C19H17NO4. The van der Waals surface area contributed by atoms with Gasteiger partial charge in [0.05, 0.1) is 14.2 Å². The van der Waals surface area contributed by atoms with Gasteiger partial charge in [0.1, 0.15) is 0 Å². The van der Waals surface area contributed by atoms with Crippen molar-refractivity contribution in [3.63, 3.8) is 0 Å². The molecule has 0 aliphatic carbocycles. The minimum atomic E-state index is -0.489. The van der Waals surface area contributed by atoms with Crippen LogP contribution in [0.4, 0.5) is 0 Å². The quantitative estimate of drug-likeness (QED) is 0.639. The molecule has 3 rings (SSSR count). The highest BCUT2D eigenvalue weighted by molar-refractivity contribution is 6.13. The van der Waals surface area contributed by atoms with Gasteiger partial charge in [-0.25, -0.2) is 9.79 Å². The molecule has 1 heterocycles. The zero-order valence-electron chi connectivity index (χ0n) is 13.7. The maximum atomic E-state index is 12.1. The number of aryl methyl sites for hydroxylation is 1. The molecule has 122 valence electrons. The lowest BCUT2D eigenvalue weighted by atomic mass is 10.1. The van der Waals surface area contributed by atoms with Crippen LogP contribution in [0.5, 0.6) is 11.5 Å². The van der Waals surface area contributed by atoms with E-state index in [1.54, 1.807) is 26.4 Å². The number of carbonyl (C=O) groups is 1. The molecule has 2 aromatic rings. The number of methoxy groups -OCH3 is 2. The molecular weight excluding hydrogens is 306 g/mol. The Labute approximate surface area is 140 Å². The van der Waals surface area contributed by atoms with Crippen molar-refractivity contribution in [3.05, 3.63) is 64.9 Å². The highest BCUT2D eigenvalue weighted by atomic mass is 16.6. The molecule has 0 aromatic heterocycles. The average Bonchev–Trinajstić information content (AvgIpc) is 2.95. The first-order chi connectivity index (χ1) is 11.6. The van der Waals surface area contributed by atoms with Gasteiger partial charge < -0.3 is 14.2 Å². The van der Waals surface area contributed by atoms with Crippen LogP contribution in [-0.4, -0.2) is 26.1 Å². The van der Waals surface area contributed by atoms with Crippen molar-refractivity contribution in [1.29, 1.82) is 0 Å². The molecule has 0 unspecified atom stereocenters. The minimum Gasteiger partial charge on any atom is -0.493 e. The predicted molar refractivity (Wildman–Crippen MR) is 91.3 cm³/mol.